The molecule has 3 rings (SSSR count). The van der Waals surface area contributed by atoms with E-state index in [0.29, 0.717) is 24.1 Å². The molecule has 1 amide bonds. The third-order valence-corrected chi connectivity index (χ3v) is 4.35. The Bertz CT molecular complexity index is 689. The van der Waals surface area contributed by atoms with Gasteiger partial charge < -0.3 is 15.2 Å². The minimum Gasteiger partial charge on any atom is -0.352 e. The zero-order chi connectivity index (χ0) is 17.6. The minimum absolute atomic E-state index is 0.214. The third-order valence-electron chi connectivity index (χ3n) is 4.35. The number of anilines is 1. The SMILES string of the molecule is CC(C)Nc1ncc(C(=O)NCc2nncn2C2CCCCC2)cn1. The van der Waals surface area contributed by atoms with Crippen LogP contribution in [0.5, 0.6) is 0 Å². The summed E-state index contributed by atoms with van der Waals surface area (Å²) in [4.78, 5) is 20.6. The Morgan fingerprint density at radius 2 is 1.96 bits per heavy atom. The summed E-state index contributed by atoms with van der Waals surface area (Å²) in [5.74, 6) is 1.09. The molecule has 134 valence electrons. The van der Waals surface area contributed by atoms with Crippen LogP contribution in [0.1, 0.15) is 68.2 Å². The van der Waals surface area contributed by atoms with E-state index in [-0.39, 0.29) is 11.9 Å². The first-order valence-electron chi connectivity index (χ1n) is 8.88. The predicted octanol–water partition coefficient (Wildman–Crippen LogP) is 2.32. The molecule has 1 fully saturated rings. The highest BCUT2D eigenvalue weighted by atomic mass is 16.1. The number of aromatic nitrogens is 5. The van der Waals surface area contributed by atoms with Crippen LogP contribution in [0.2, 0.25) is 0 Å². The maximum atomic E-state index is 12.3. The number of amides is 1. The topological polar surface area (TPSA) is 97.6 Å². The number of nitrogens with zero attached hydrogens (tertiary/aromatic N) is 5. The van der Waals surface area contributed by atoms with Crippen molar-refractivity contribution in [2.24, 2.45) is 0 Å². The number of rotatable bonds is 6. The van der Waals surface area contributed by atoms with Crippen molar-refractivity contribution in [3.8, 4) is 0 Å². The van der Waals surface area contributed by atoms with Crippen molar-refractivity contribution in [1.82, 2.24) is 30.0 Å². The normalized spacial score (nSPS) is 15.3. The van der Waals surface area contributed by atoms with Gasteiger partial charge in [-0.1, -0.05) is 19.3 Å². The molecule has 2 aromatic rings. The van der Waals surface area contributed by atoms with Gasteiger partial charge in [0.1, 0.15) is 6.33 Å². The summed E-state index contributed by atoms with van der Waals surface area (Å²) in [6.07, 6.45) is 10.9. The molecule has 1 aliphatic rings. The monoisotopic (exact) mass is 343 g/mol. The van der Waals surface area contributed by atoms with Gasteiger partial charge in [-0.05, 0) is 26.7 Å². The highest BCUT2D eigenvalue weighted by Crippen LogP contribution is 2.28. The molecule has 1 saturated carbocycles. The first kappa shape index (κ1) is 17.3. The highest BCUT2D eigenvalue weighted by Gasteiger charge is 2.19. The number of nitrogens with one attached hydrogen (secondary N) is 2. The lowest BCUT2D eigenvalue weighted by molar-refractivity contribution is 0.0948. The lowest BCUT2D eigenvalue weighted by Crippen LogP contribution is -2.26. The molecule has 8 heteroatoms. The van der Waals surface area contributed by atoms with Crippen LogP contribution < -0.4 is 10.6 Å². The van der Waals surface area contributed by atoms with Gasteiger partial charge in [-0.2, -0.15) is 0 Å². The molecule has 2 aromatic heterocycles. The summed E-state index contributed by atoms with van der Waals surface area (Å²) in [5.41, 5.74) is 0.429. The molecular formula is C17H25N7O. The molecule has 8 nitrogen and oxygen atoms in total. The quantitative estimate of drug-likeness (QED) is 0.835. The smallest absolute Gasteiger partial charge is 0.254 e. The fourth-order valence-electron chi connectivity index (χ4n) is 3.10. The molecule has 0 spiro atoms. The largest absolute Gasteiger partial charge is 0.352 e. The maximum Gasteiger partial charge on any atom is 0.254 e. The van der Waals surface area contributed by atoms with Gasteiger partial charge in [-0.3, -0.25) is 4.79 Å². The third kappa shape index (κ3) is 4.52. The summed E-state index contributed by atoms with van der Waals surface area (Å²) >= 11 is 0. The van der Waals surface area contributed by atoms with Gasteiger partial charge in [-0.25, -0.2) is 9.97 Å². The number of hydrogen-bond acceptors (Lipinski definition) is 6. The summed E-state index contributed by atoms with van der Waals surface area (Å²) in [5, 5.41) is 14.1. The summed E-state index contributed by atoms with van der Waals surface area (Å²) < 4.78 is 2.10. The van der Waals surface area contributed by atoms with Crippen LogP contribution in [-0.2, 0) is 6.54 Å². The van der Waals surface area contributed by atoms with Crippen molar-refractivity contribution < 1.29 is 4.79 Å². The molecule has 2 heterocycles. The standard InChI is InChI=1S/C17H25N7O/c1-12(2)22-17-19-8-13(9-20-17)16(25)18-10-15-23-21-11-24(15)14-6-4-3-5-7-14/h8-9,11-12,14H,3-7,10H2,1-2H3,(H,18,25)(H,19,20,22). The Morgan fingerprint density at radius 1 is 1.24 bits per heavy atom. The Hall–Kier alpha value is -2.51. The van der Waals surface area contributed by atoms with Crippen LogP contribution in [-0.4, -0.2) is 36.7 Å². The molecule has 0 bridgehead atoms. The zero-order valence-electron chi connectivity index (χ0n) is 14.8. The molecule has 0 unspecified atom stereocenters. The van der Waals surface area contributed by atoms with Crippen molar-refractivity contribution in [1.29, 1.82) is 0 Å². The van der Waals surface area contributed by atoms with Crippen LogP contribution in [0, 0.1) is 0 Å². The molecular weight excluding hydrogens is 318 g/mol. The second-order valence-corrected chi connectivity index (χ2v) is 6.72. The van der Waals surface area contributed by atoms with E-state index in [1.807, 2.05) is 13.8 Å². The fourth-order valence-corrected chi connectivity index (χ4v) is 3.10. The molecule has 1 aliphatic carbocycles. The van der Waals surface area contributed by atoms with Gasteiger partial charge in [0.2, 0.25) is 5.95 Å². The van der Waals surface area contributed by atoms with Crippen molar-refractivity contribution in [2.45, 2.75) is 64.6 Å². The van der Waals surface area contributed by atoms with Crippen LogP contribution >= 0.6 is 0 Å². The van der Waals surface area contributed by atoms with Gasteiger partial charge in [-0.15, -0.1) is 10.2 Å². The van der Waals surface area contributed by atoms with Gasteiger partial charge in [0.15, 0.2) is 5.82 Å². The lowest BCUT2D eigenvalue weighted by atomic mass is 9.95. The summed E-state index contributed by atoms with van der Waals surface area (Å²) in [7, 11) is 0. The van der Waals surface area contributed by atoms with Crippen LogP contribution in [0.4, 0.5) is 5.95 Å². The van der Waals surface area contributed by atoms with Crippen molar-refractivity contribution in [3.63, 3.8) is 0 Å². The van der Waals surface area contributed by atoms with Crippen LogP contribution in [0.15, 0.2) is 18.7 Å². The van der Waals surface area contributed by atoms with E-state index >= 15 is 0 Å². The summed E-state index contributed by atoms with van der Waals surface area (Å²) in [6, 6.07) is 0.686. The first-order chi connectivity index (χ1) is 12.1. The minimum atomic E-state index is -0.214. The zero-order valence-corrected chi connectivity index (χ0v) is 14.8. The first-order valence-corrected chi connectivity index (χ1v) is 8.88. The molecule has 0 atom stereocenters. The molecule has 25 heavy (non-hydrogen) atoms. The van der Waals surface area contributed by atoms with Gasteiger partial charge in [0.05, 0.1) is 12.1 Å². The average molecular weight is 343 g/mol. The predicted molar refractivity (Wildman–Crippen MR) is 94.1 cm³/mol. The highest BCUT2D eigenvalue weighted by molar-refractivity contribution is 5.93. The Balaban J connectivity index is 1.58. The van der Waals surface area contributed by atoms with Gasteiger partial charge >= 0.3 is 0 Å². The van der Waals surface area contributed by atoms with E-state index in [9.17, 15) is 4.79 Å². The van der Waals surface area contributed by atoms with Crippen molar-refractivity contribution in [2.75, 3.05) is 5.32 Å². The second kappa shape index (κ2) is 8.04. The van der Waals surface area contributed by atoms with E-state index in [0.717, 1.165) is 18.7 Å². The van der Waals surface area contributed by atoms with E-state index in [1.165, 1.54) is 31.7 Å². The number of hydrogen-bond donors (Lipinski definition) is 2. The second-order valence-electron chi connectivity index (χ2n) is 6.72. The maximum absolute atomic E-state index is 12.3. The number of carbonyl (C=O) groups is 1. The van der Waals surface area contributed by atoms with Gasteiger partial charge in [0, 0.05) is 24.5 Å². The van der Waals surface area contributed by atoms with E-state index in [2.05, 4.69) is 35.4 Å². The molecule has 0 aromatic carbocycles. The Labute approximate surface area is 147 Å². The van der Waals surface area contributed by atoms with E-state index in [1.54, 1.807) is 6.33 Å². The molecule has 2 N–H and O–H groups in total. The fraction of sp³-hybridized carbons (Fsp3) is 0.588. The molecule has 0 radical (unpaired) electrons. The van der Waals surface area contributed by atoms with Crippen molar-refractivity contribution >= 4 is 11.9 Å². The average Bonchev–Trinajstić information content (AvgIpc) is 3.09. The Kier molecular flexibility index (Phi) is 5.57. The van der Waals surface area contributed by atoms with E-state index < -0.39 is 0 Å². The molecule has 0 saturated heterocycles. The van der Waals surface area contributed by atoms with Crippen molar-refractivity contribution in [3.05, 3.63) is 30.1 Å². The molecule has 0 aliphatic heterocycles. The van der Waals surface area contributed by atoms with E-state index in [4.69, 9.17) is 0 Å². The number of carbonyl (C=O) groups excluding carboxylic acids is 1. The van der Waals surface area contributed by atoms with Crippen LogP contribution in [0.25, 0.3) is 0 Å². The Morgan fingerprint density at radius 3 is 2.64 bits per heavy atom. The summed E-state index contributed by atoms with van der Waals surface area (Å²) in [6.45, 7) is 4.36. The lowest BCUT2D eigenvalue weighted by Gasteiger charge is -2.24. The van der Waals surface area contributed by atoms with Crippen LogP contribution in [0.3, 0.4) is 0 Å². The van der Waals surface area contributed by atoms with Gasteiger partial charge in [0.25, 0.3) is 5.91 Å².